The van der Waals surface area contributed by atoms with Crippen molar-refractivity contribution in [2.45, 2.75) is 13.5 Å². The SMILES string of the molecule is Cc1ccccc1Cn1ccnc1C(=O)N1CCOCC1. The predicted molar refractivity (Wildman–Crippen MR) is 79.2 cm³/mol. The summed E-state index contributed by atoms with van der Waals surface area (Å²) in [7, 11) is 0. The molecular formula is C16H19N3O2. The highest BCUT2D eigenvalue weighted by molar-refractivity contribution is 5.91. The van der Waals surface area contributed by atoms with Crippen LogP contribution in [0.15, 0.2) is 36.7 Å². The molecule has 1 fully saturated rings. The maximum absolute atomic E-state index is 12.5. The summed E-state index contributed by atoms with van der Waals surface area (Å²) < 4.78 is 7.20. The summed E-state index contributed by atoms with van der Waals surface area (Å²) in [4.78, 5) is 18.6. The summed E-state index contributed by atoms with van der Waals surface area (Å²) in [6.45, 7) is 5.22. The molecule has 0 bridgehead atoms. The van der Waals surface area contributed by atoms with Crippen LogP contribution in [0.25, 0.3) is 0 Å². The molecule has 0 aliphatic carbocycles. The molecule has 2 heterocycles. The Morgan fingerprint density at radius 2 is 2.05 bits per heavy atom. The summed E-state index contributed by atoms with van der Waals surface area (Å²) in [5.41, 5.74) is 2.42. The molecule has 5 nitrogen and oxygen atoms in total. The molecule has 3 rings (SSSR count). The van der Waals surface area contributed by atoms with Crippen molar-refractivity contribution < 1.29 is 9.53 Å². The molecule has 2 aromatic rings. The summed E-state index contributed by atoms with van der Waals surface area (Å²) in [6.07, 6.45) is 3.55. The predicted octanol–water partition coefficient (Wildman–Crippen LogP) is 1.71. The number of imidazole rings is 1. The van der Waals surface area contributed by atoms with Gasteiger partial charge in [0.25, 0.3) is 5.91 Å². The lowest BCUT2D eigenvalue weighted by Gasteiger charge is -2.26. The highest BCUT2D eigenvalue weighted by Gasteiger charge is 2.22. The van der Waals surface area contributed by atoms with E-state index in [-0.39, 0.29) is 5.91 Å². The molecule has 1 aromatic carbocycles. The van der Waals surface area contributed by atoms with E-state index >= 15 is 0 Å². The van der Waals surface area contributed by atoms with E-state index in [4.69, 9.17) is 4.74 Å². The van der Waals surface area contributed by atoms with Crippen molar-refractivity contribution in [2.24, 2.45) is 0 Å². The minimum atomic E-state index is -0.0168. The number of aryl methyl sites for hydroxylation is 1. The highest BCUT2D eigenvalue weighted by Crippen LogP contribution is 2.12. The van der Waals surface area contributed by atoms with Crippen LogP contribution >= 0.6 is 0 Å². The van der Waals surface area contributed by atoms with Crippen molar-refractivity contribution in [3.05, 3.63) is 53.6 Å². The summed E-state index contributed by atoms with van der Waals surface area (Å²) in [6, 6.07) is 8.20. The first-order valence-electron chi connectivity index (χ1n) is 7.18. The molecule has 5 heteroatoms. The van der Waals surface area contributed by atoms with E-state index in [1.54, 1.807) is 11.1 Å². The molecule has 0 N–H and O–H groups in total. The van der Waals surface area contributed by atoms with Crippen LogP contribution in [0, 0.1) is 6.92 Å². The fraction of sp³-hybridized carbons (Fsp3) is 0.375. The Labute approximate surface area is 124 Å². The maximum Gasteiger partial charge on any atom is 0.290 e. The van der Waals surface area contributed by atoms with Gasteiger partial charge in [0.15, 0.2) is 5.82 Å². The molecule has 1 aliphatic rings. The van der Waals surface area contributed by atoms with E-state index in [1.165, 1.54) is 11.1 Å². The minimum Gasteiger partial charge on any atom is -0.378 e. The lowest BCUT2D eigenvalue weighted by atomic mass is 10.1. The van der Waals surface area contributed by atoms with Crippen LogP contribution < -0.4 is 0 Å². The van der Waals surface area contributed by atoms with Gasteiger partial charge in [-0.15, -0.1) is 0 Å². The summed E-state index contributed by atoms with van der Waals surface area (Å²) in [5, 5.41) is 0. The number of ether oxygens (including phenoxy) is 1. The van der Waals surface area contributed by atoms with Crippen LogP contribution in [-0.2, 0) is 11.3 Å². The fourth-order valence-corrected chi connectivity index (χ4v) is 2.51. The first kappa shape index (κ1) is 13.8. The zero-order chi connectivity index (χ0) is 14.7. The molecule has 0 saturated carbocycles. The number of aromatic nitrogens is 2. The van der Waals surface area contributed by atoms with Crippen LogP contribution in [-0.4, -0.2) is 46.7 Å². The number of nitrogens with zero attached hydrogens (tertiary/aromatic N) is 3. The average Bonchev–Trinajstić information content (AvgIpc) is 2.98. The van der Waals surface area contributed by atoms with Gasteiger partial charge < -0.3 is 14.2 Å². The number of carbonyl (C=O) groups is 1. The number of rotatable bonds is 3. The molecule has 0 radical (unpaired) electrons. The number of benzene rings is 1. The number of morpholine rings is 1. The van der Waals surface area contributed by atoms with Crippen molar-refractivity contribution in [3.8, 4) is 0 Å². The molecule has 21 heavy (non-hydrogen) atoms. The van der Waals surface area contributed by atoms with Crippen molar-refractivity contribution in [3.63, 3.8) is 0 Å². The second-order valence-corrected chi connectivity index (χ2v) is 5.21. The van der Waals surface area contributed by atoms with E-state index in [9.17, 15) is 4.79 Å². The Morgan fingerprint density at radius 1 is 1.29 bits per heavy atom. The highest BCUT2D eigenvalue weighted by atomic mass is 16.5. The Hall–Kier alpha value is -2.14. The standard InChI is InChI=1S/C16H19N3O2/c1-13-4-2-3-5-14(13)12-19-7-6-17-15(19)16(20)18-8-10-21-11-9-18/h2-7H,8-12H2,1H3. The van der Waals surface area contributed by atoms with Gasteiger partial charge in [-0.05, 0) is 18.1 Å². The van der Waals surface area contributed by atoms with Crippen molar-refractivity contribution in [1.82, 2.24) is 14.5 Å². The van der Waals surface area contributed by atoms with Crippen LogP contribution in [0.3, 0.4) is 0 Å². The molecule has 1 saturated heterocycles. The molecule has 0 unspecified atom stereocenters. The summed E-state index contributed by atoms with van der Waals surface area (Å²) >= 11 is 0. The van der Waals surface area contributed by atoms with Crippen molar-refractivity contribution in [1.29, 1.82) is 0 Å². The van der Waals surface area contributed by atoms with E-state index in [2.05, 4.69) is 24.0 Å². The van der Waals surface area contributed by atoms with Gasteiger partial charge in [0, 0.05) is 32.0 Å². The van der Waals surface area contributed by atoms with E-state index < -0.39 is 0 Å². The number of carbonyl (C=O) groups excluding carboxylic acids is 1. The fourth-order valence-electron chi connectivity index (χ4n) is 2.51. The maximum atomic E-state index is 12.5. The van der Waals surface area contributed by atoms with Gasteiger partial charge in [-0.2, -0.15) is 0 Å². The van der Waals surface area contributed by atoms with Crippen LogP contribution in [0.2, 0.25) is 0 Å². The van der Waals surface area contributed by atoms with Crippen molar-refractivity contribution >= 4 is 5.91 Å². The number of hydrogen-bond acceptors (Lipinski definition) is 3. The monoisotopic (exact) mass is 285 g/mol. The second-order valence-electron chi connectivity index (χ2n) is 5.21. The van der Waals surface area contributed by atoms with E-state index in [0.29, 0.717) is 38.7 Å². The van der Waals surface area contributed by atoms with Gasteiger partial charge >= 0.3 is 0 Å². The third kappa shape index (κ3) is 2.97. The largest absolute Gasteiger partial charge is 0.378 e. The third-order valence-corrected chi connectivity index (χ3v) is 3.81. The van der Waals surface area contributed by atoms with Crippen LogP contribution in [0.1, 0.15) is 21.7 Å². The first-order valence-corrected chi connectivity index (χ1v) is 7.18. The molecule has 1 aliphatic heterocycles. The number of amides is 1. The summed E-state index contributed by atoms with van der Waals surface area (Å²) in [5.74, 6) is 0.483. The van der Waals surface area contributed by atoms with Gasteiger partial charge in [-0.1, -0.05) is 24.3 Å². The van der Waals surface area contributed by atoms with Gasteiger partial charge in [0.1, 0.15) is 0 Å². The third-order valence-electron chi connectivity index (χ3n) is 3.81. The van der Waals surface area contributed by atoms with E-state index in [1.807, 2.05) is 22.9 Å². The van der Waals surface area contributed by atoms with Crippen molar-refractivity contribution in [2.75, 3.05) is 26.3 Å². The number of hydrogen-bond donors (Lipinski definition) is 0. The molecule has 0 spiro atoms. The van der Waals surface area contributed by atoms with Crippen LogP contribution in [0.5, 0.6) is 0 Å². The van der Waals surface area contributed by atoms with E-state index in [0.717, 1.165) is 0 Å². The average molecular weight is 285 g/mol. The zero-order valence-corrected chi connectivity index (χ0v) is 12.2. The lowest BCUT2D eigenvalue weighted by Crippen LogP contribution is -2.41. The lowest BCUT2D eigenvalue weighted by molar-refractivity contribution is 0.0292. The quantitative estimate of drug-likeness (QED) is 0.862. The van der Waals surface area contributed by atoms with Gasteiger partial charge in [0.2, 0.25) is 0 Å². The molecule has 0 atom stereocenters. The normalized spacial score (nSPS) is 15.2. The Balaban J connectivity index is 1.80. The Morgan fingerprint density at radius 3 is 2.81 bits per heavy atom. The molecule has 110 valence electrons. The Kier molecular flexibility index (Phi) is 4.01. The zero-order valence-electron chi connectivity index (χ0n) is 12.2. The van der Waals surface area contributed by atoms with Crippen LogP contribution in [0.4, 0.5) is 0 Å². The second kappa shape index (κ2) is 6.10. The topological polar surface area (TPSA) is 47.4 Å². The first-order chi connectivity index (χ1) is 10.3. The van der Waals surface area contributed by atoms with Gasteiger partial charge in [0.05, 0.1) is 13.2 Å². The smallest absolute Gasteiger partial charge is 0.290 e. The molecular weight excluding hydrogens is 266 g/mol. The Bertz CT molecular complexity index is 630. The minimum absolute atomic E-state index is 0.0168. The van der Waals surface area contributed by atoms with Gasteiger partial charge in [-0.25, -0.2) is 4.98 Å². The molecule has 1 amide bonds. The molecule has 1 aromatic heterocycles. The van der Waals surface area contributed by atoms with Gasteiger partial charge in [-0.3, -0.25) is 4.79 Å².